The third kappa shape index (κ3) is 7.69. The largest absolute Gasteiger partial charge is 0.463 e. The number of hydrogen-bond acceptors (Lipinski definition) is 9. The van der Waals surface area contributed by atoms with Gasteiger partial charge in [-0.2, -0.15) is 0 Å². The molecule has 3 rings (SSSR count). The lowest BCUT2D eigenvalue weighted by Gasteiger charge is -2.27. The lowest BCUT2D eigenvalue weighted by atomic mass is 9.93. The quantitative estimate of drug-likeness (QED) is 0.143. The number of nitrogens with one attached hydrogen (secondary N) is 3. The van der Waals surface area contributed by atoms with Gasteiger partial charge in [-0.3, -0.25) is 19.8 Å². The zero-order valence-electron chi connectivity index (χ0n) is 24.6. The summed E-state index contributed by atoms with van der Waals surface area (Å²) in [5, 5.41) is 21.6. The molecule has 1 aliphatic rings. The van der Waals surface area contributed by atoms with Crippen molar-refractivity contribution in [1.82, 2.24) is 10.3 Å². The number of aliphatic imine (C=N–C) groups is 1. The molecule has 228 valence electrons. The summed E-state index contributed by atoms with van der Waals surface area (Å²) in [4.78, 5) is 44.9. The Kier molecular flexibility index (Phi) is 11.1. The van der Waals surface area contributed by atoms with Crippen LogP contribution >= 0.6 is 0 Å². The number of amides is 1. The van der Waals surface area contributed by atoms with Crippen LogP contribution in [0.5, 0.6) is 0 Å². The highest BCUT2D eigenvalue weighted by molar-refractivity contribution is 6.09. The minimum absolute atomic E-state index is 0.0353. The summed E-state index contributed by atoms with van der Waals surface area (Å²) in [6.07, 6.45) is -2.14. The fourth-order valence-corrected chi connectivity index (χ4v) is 4.42. The molecule has 1 aromatic carbocycles. The number of benzene rings is 1. The van der Waals surface area contributed by atoms with Crippen molar-refractivity contribution in [2.24, 2.45) is 22.6 Å². The molecule has 0 unspecified atom stereocenters. The number of nitrogens with two attached hydrogens (primary N) is 1. The molecule has 0 saturated carbocycles. The maximum absolute atomic E-state index is 12.8. The second-order valence-corrected chi connectivity index (χ2v) is 10.9. The topological polar surface area (TPSA) is 189 Å². The smallest absolute Gasteiger partial charge is 0.323 e. The van der Waals surface area contributed by atoms with E-state index in [0.29, 0.717) is 17.8 Å². The Morgan fingerprint density at radius 3 is 2.52 bits per heavy atom. The van der Waals surface area contributed by atoms with E-state index < -0.39 is 41.9 Å². The highest BCUT2D eigenvalue weighted by atomic mass is 16.6. The number of aromatic amines is 1. The number of aromatic nitrogens is 1. The molecule has 1 aliphatic heterocycles. The van der Waals surface area contributed by atoms with E-state index in [1.165, 1.54) is 0 Å². The Labute approximate surface area is 245 Å². The van der Waals surface area contributed by atoms with Crippen LogP contribution in [0.4, 0.5) is 0 Å². The normalized spacial score (nSPS) is 23.7. The van der Waals surface area contributed by atoms with Gasteiger partial charge in [0.15, 0.2) is 11.9 Å². The number of ether oxygens (including phenoxy) is 3. The van der Waals surface area contributed by atoms with Crippen molar-refractivity contribution in [3.63, 3.8) is 0 Å². The van der Waals surface area contributed by atoms with Crippen LogP contribution in [0.1, 0.15) is 58.0 Å². The lowest BCUT2D eigenvalue weighted by Crippen LogP contribution is -2.46. The van der Waals surface area contributed by atoms with Gasteiger partial charge in [-0.1, -0.05) is 58.0 Å². The van der Waals surface area contributed by atoms with E-state index in [1.807, 2.05) is 25.1 Å². The zero-order chi connectivity index (χ0) is 31.0. The van der Waals surface area contributed by atoms with Crippen LogP contribution in [0.25, 0.3) is 0 Å². The van der Waals surface area contributed by atoms with Crippen molar-refractivity contribution in [3.8, 4) is 0 Å². The van der Waals surface area contributed by atoms with Gasteiger partial charge in [0.05, 0.1) is 17.8 Å². The fourth-order valence-electron chi connectivity index (χ4n) is 4.42. The first-order valence-electron chi connectivity index (χ1n) is 14.0. The third-order valence-corrected chi connectivity index (χ3v) is 7.45. The summed E-state index contributed by atoms with van der Waals surface area (Å²) < 4.78 is 17.4. The molecule has 1 aromatic heterocycles. The summed E-state index contributed by atoms with van der Waals surface area (Å²) >= 11 is 0. The maximum atomic E-state index is 12.8. The summed E-state index contributed by atoms with van der Waals surface area (Å²) in [5.74, 6) is -1.86. The van der Waals surface area contributed by atoms with Gasteiger partial charge >= 0.3 is 11.9 Å². The Bertz CT molecular complexity index is 1280. The highest BCUT2D eigenvalue weighted by Crippen LogP contribution is 2.41. The van der Waals surface area contributed by atoms with Crippen molar-refractivity contribution in [3.05, 3.63) is 59.4 Å². The van der Waals surface area contributed by atoms with Crippen LogP contribution in [0.2, 0.25) is 0 Å². The SMILES string of the molecule is CC[C@H](C)C(=O)N/C(=N/C=N)c1ccc([C@]2(C)O[C@H](COC(=O)Cc3ccccc3)[C@@H](OC(=O)[C@@H](N)C(C)C)[C@H]2O)[nH]1. The molecular formula is C30H41N5O7. The van der Waals surface area contributed by atoms with E-state index in [1.54, 1.807) is 52.0 Å². The molecule has 2 heterocycles. The monoisotopic (exact) mass is 583 g/mol. The molecule has 12 nitrogen and oxygen atoms in total. The Hall–Kier alpha value is -3.87. The third-order valence-electron chi connectivity index (χ3n) is 7.45. The number of aliphatic hydroxyl groups excluding tert-OH is 1. The minimum atomic E-state index is -1.45. The molecule has 42 heavy (non-hydrogen) atoms. The predicted molar refractivity (Wildman–Crippen MR) is 156 cm³/mol. The molecular weight excluding hydrogens is 542 g/mol. The van der Waals surface area contributed by atoms with Gasteiger partial charge in [0.1, 0.15) is 36.8 Å². The van der Waals surface area contributed by atoms with Crippen molar-refractivity contribution < 1.29 is 33.7 Å². The van der Waals surface area contributed by atoms with Crippen molar-refractivity contribution in [1.29, 1.82) is 5.41 Å². The molecule has 12 heteroatoms. The number of carbonyl (C=O) groups is 3. The Morgan fingerprint density at radius 1 is 1.21 bits per heavy atom. The Morgan fingerprint density at radius 2 is 1.90 bits per heavy atom. The lowest BCUT2D eigenvalue weighted by molar-refractivity contribution is -0.162. The van der Waals surface area contributed by atoms with Gasteiger partial charge in [0, 0.05) is 5.92 Å². The number of H-pyrrole nitrogens is 1. The van der Waals surface area contributed by atoms with Gasteiger partial charge in [0.25, 0.3) is 0 Å². The van der Waals surface area contributed by atoms with Gasteiger partial charge < -0.3 is 35.4 Å². The molecule has 1 fully saturated rings. The van der Waals surface area contributed by atoms with Crippen LogP contribution < -0.4 is 11.1 Å². The van der Waals surface area contributed by atoms with Crippen molar-refractivity contribution in [2.45, 2.75) is 77.4 Å². The molecule has 0 spiro atoms. The molecule has 6 atom stereocenters. The molecule has 0 aliphatic carbocycles. The van der Waals surface area contributed by atoms with E-state index in [0.717, 1.165) is 11.9 Å². The first kappa shape index (κ1) is 32.6. The molecule has 0 radical (unpaired) electrons. The van der Waals surface area contributed by atoms with Crippen LogP contribution in [0, 0.1) is 17.2 Å². The Balaban J connectivity index is 1.85. The number of aliphatic hydroxyl groups is 1. The van der Waals surface area contributed by atoms with E-state index in [-0.39, 0.29) is 36.6 Å². The van der Waals surface area contributed by atoms with Crippen molar-refractivity contribution in [2.75, 3.05) is 6.61 Å². The number of amidine groups is 1. The zero-order valence-corrected chi connectivity index (χ0v) is 24.6. The summed E-state index contributed by atoms with van der Waals surface area (Å²) in [6.45, 7) is 8.53. The second kappa shape index (κ2) is 14.3. The molecule has 1 amide bonds. The second-order valence-electron chi connectivity index (χ2n) is 10.9. The molecule has 6 N–H and O–H groups in total. The summed E-state index contributed by atoms with van der Waals surface area (Å²) in [6, 6.07) is 11.4. The fraction of sp³-hybridized carbons (Fsp3) is 0.500. The minimum Gasteiger partial charge on any atom is -0.463 e. The van der Waals surface area contributed by atoms with Gasteiger partial charge in [0.2, 0.25) is 5.91 Å². The summed E-state index contributed by atoms with van der Waals surface area (Å²) in [7, 11) is 0. The van der Waals surface area contributed by atoms with E-state index >= 15 is 0 Å². The van der Waals surface area contributed by atoms with Crippen molar-refractivity contribution >= 4 is 30.0 Å². The van der Waals surface area contributed by atoms with Gasteiger partial charge in [-0.15, -0.1) is 0 Å². The highest BCUT2D eigenvalue weighted by Gasteiger charge is 2.56. The van der Waals surface area contributed by atoms with Gasteiger partial charge in [-0.25, -0.2) is 4.99 Å². The predicted octanol–water partition coefficient (Wildman–Crippen LogP) is 2.19. The summed E-state index contributed by atoms with van der Waals surface area (Å²) in [5.41, 5.74) is 6.07. The van der Waals surface area contributed by atoms with E-state index in [4.69, 9.17) is 25.4 Å². The van der Waals surface area contributed by atoms with Gasteiger partial charge in [-0.05, 0) is 37.0 Å². The average molecular weight is 584 g/mol. The van der Waals surface area contributed by atoms with Crippen LogP contribution in [0.15, 0.2) is 47.5 Å². The maximum Gasteiger partial charge on any atom is 0.323 e. The number of hydrogen-bond donors (Lipinski definition) is 5. The number of esters is 2. The van der Waals surface area contributed by atoms with Crippen LogP contribution in [-0.2, 0) is 40.6 Å². The number of rotatable bonds is 12. The first-order valence-corrected chi connectivity index (χ1v) is 14.0. The first-order chi connectivity index (χ1) is 19.9. The number of nitrogens with zero attached hydrogens (tertiary/aromatic N) is 1. The average Bonchev–Trinajstić information content (AvgIpc) is 3.56. The number of carbonyl (C=O) groups excluding carboxylic acids is 3. The molecule has 2 aromatic rings. The van der Waals surface area contributed by atoms with E-state index in [2.05, 4.69) is 15.3 Å². The standard InChI is InChI=1S/C30H41N5O7/c1-6-18(4)28(38)35-27(33-16-31)20-12-13-22(34-20)30(5)26(37)25(41-29(39)24(32)17(2)3)21(42-30)15-40-23(36)14-19-10-8-7-9-11-19/h7-13,16-18,21,24-26,34,37H,6,14-15,32H2,1-5H3,(H2,31,33,35,38)/t18-,21+,24-,25+,26+,30-/m0/s1. The molecule has 0 bridgehead atoms. The van der Waals surface area contributed by atoms with Crippen LogP contribution in [-0.4, -0.2) is 71.1 Å². The van der Waals surface area contributed by atoms with Crippen LogP contribution in [0.3, 0.4) is 0 Å². The molecule has 1 saturated heterocycles. The van der Waals surface area contributed by atoms with E-state index in [9.17, 15) is 19.5 Å².